The molecule has 0 spiro atoms. The van der Waals surface area contributed by atoms with Gasteiger partial charge in [-0.25, -0.2) is 0 Å². The van der Waals surface area contributed by atoms with E-state index in [4.69, 9.17) is 15.2 Å². The molecule has 1 aromatic carbocycles. The first-order valence-electron chi connectivity index (χ1n) is 6.84. The molecule has 2 atom stereocenters. The molecule has 0 aromatic heterocycles. The number of amides is 1. The van der Waals surface area contributed by atoms with Gasteiger partial charge >= 0.3 is 0 Å². The van der Waals surface area contributed by atoms with Crippen LogP contribution in [-0.2, 0) is 4.79 Å². The van der Waals surface area contributed by atoms with E-state index in [1.165, 1.54) is 0 Å². The first kappa shape index (κ1) is 16.3. The largest absolute Gasteiger partial charge is 0.497 e. The Hall–Kier alpha value is -1.75. The van der Waals surface area contributed by atoms with Gasteiger partial charge < -0.3 is 20.5 Å². The highest BCUT2D eigenvalue weighted by Crippen LogP contribution is 2.19. The Labute approximate surface area is 120 Å². The molecule has 5 nitrogen and oxygen atoms in total. The highest BCUT2D eigenvalue weighted by atomic mass is 16.5. The predicted molar refractivity (Wildman–Crippen MR) is 79.0 cm³/mol. The molecule has 1 amide bonds. The van der Waals surface area contributed by atoms with Gasteiger partial charge in [-0.15, -0.1) is 0 Å². The third-order valence-corrected chi connectivity index (χ3v) is 2.79. The van der Waals surface area contributed by atoms with E-state index in [1.807, 2.05) is 38.1 Å². The van der Waals surface area contributed by atoms with Crippen LogP contribution in [0.25, 0.3) is 0 Å². The summed E-state index contributed by atoms with van der Waals surface area (Å²) in [5, 5.41) is 2.84. The van der Waals surface area contributed by atoms with E-state index in [9.17, 15) is 4.79 Å². The molecule has 2 unspecified atom stereocenters. The molecule has 0 aliphatic carbocycles. The van der Waals surface area contributed by atoms with Crippen molar-refractivity contribution >= 4 is 5.91 Å². The van der Waals surface area contributed by atoms with Gasteiger partial charge in [0.2, 0.25) is 5.91 Å². The Morgan fingerprint density at radius 3 is 2.70 bits per heavy atom. The van der Waals surface area contributed by atoms with Crippen molar-refractivity contribution < 1.29 is 14.3 Å². The fourth-order valence-electron chi connectivity index (χ4n) is 1.65. The Balaban J connectivity index is 2.32. The van der Waals surface area contributed by atoms with E-state index >= 15 is 0 Å². The number of carbonyl (C=O) groups excluding carboxylic acids is 1. The minimum absolute atomic E-state index is 0.00314. The van der Waals surface area contributed by atoms with Gasteiger partial charge in [0.1, 0.15) is 17.6 Å². The van der Waals surface area contributed by atoms with Gasteiger partial charge in [-0.1, -0.05) is 6.07 Å². The first-order valence-corrected chi connectivity index (χ1v) is 6.84. The van der Waals surface area contributed by atoms with Crippen molar-refractivity contribution in [2.75, 3.05) is 13.7 Å². The minimum Gasteiger partial charge on any atom is -0.497 e. The number of hydrogen-bond acceptors (Lipinski definition) is 4. The maximum atomic E-state index is 11.6. The van der Waals surface area contributed by atoms with Gasteiger partial charge in [0.05, 0.1) is 13.7 Å². The lowest BCUT2D eigenvalue weighted by Gasteiger charge is -2.16. The molecule has 5 heteroatoms. The normalized spacial score (nSPS) is 13.4. The lowest BCUT2D eigenvalue weighted by molar-refractivity contribution is -0.121. The monoisotopic (exact) mass is 280 g/mol. The molecular formula is C15H24N2O3. The molecule has 0 radical (unpaired) electrons. The zero-order valence-corrected chi connectivity index (χ0v) is 12.4. The van der Waals surface area contributed by atoms with Crippen LogP contribution in [0.4, 0.5) is 0 Å². The lowest BCUT2D eigenvalue weighted by Crippen LogP contribution is -2.34. The lowest BCUT2D eigenvalue weighted by atomic mass is 10.2. The van der Waals surface area contributed by atoms with Crippen molar-refractivity contribution in [1.82, 2.24) is 5.32 Å². The number of nitrogens with one attached hydrogen (secondary N) is 1. The number of carbonyl (C=O) groups is 1. The van der Waals surface area contributed by atoms with Crippen LogP contribution < -0.4 is 20.5 Å². The van der Waals surface area contributed by atoms with Crippen LogP contribution in [0, 0.1) is 0 Å². The standard InChI is InChI=1S/C15H24N2O3/c1-11(16)7-8-15(18)17-10-12(2)20-14-6-4-5-13(9-14)19-3/h4-6,9,11-12H,7-8,10,16H2,1-3H3,(H,17,18). The van der Waals surface area contributed by atoms with E-state index in [1.54, 1.807) is 7.11 Å². The molecule has 112 valence electrons. The Bertz CT molecular complexity index is 421. The van der Waals surface area contributed by atoms with Gasteiger partial charge in [-0.3, -0.25) is 4.79 Å². The van der Waals surface area contributed by atoms with E-state index in [2.05, 4.69) is 5.32 Å². The molecule has 0 heterocycles. The number of benzene rings is 1. The fraction of sp³-hybridized carbons (Fsp3) is 0.533. The second kappa shape index (κ2) is 8.43. The van der Waals surface area contributed by atoms with Crippen molar-refractivity contribution in [3.05, 3.63) is 24.3 Å². The molecule has 0 aliphatic heterocycles. The van der Waals surface area contributed by atoms with Crippen molar-refractivity contribution in [2.45, 2.75) is 38.8 Å². The van der Waals surface area contributed by atoms with Crippen molar-refractivity contribution in [1.29, 1.82) is 0 Å². The van der Waals surface area contributed by atoms with Crippen LogP contribution in [0.2, 0.25) is 0 Å². The predicted octanol–water partition coefficient (Wildman–Crippen LogP) is 1.71. The third kappa shape index (κ3) is 6.43. The highest BCUT2D eigenvalue weighted by Gasteiger charge is 2.08. The summed E-state index contributed by atoms with van der Waals surface area (Å²) < 4.78 is 10.8. The summed E-state index contributed by atoms with van der Waals surface area (Å²) in [4.78, 5) is 11.6. The number of methoxy groups -OCH3 is 1. The van der Waals surface area contributed by atoms with Crippen LogP contribution in [0.15, 0.2) is 24.3 Å². The summed E-state index contributed by atoms with van der Waals surface area (Å²) in [6.45, 7) is 4.27. The molecule has 1 rings (SSSR count). The topological polar surface area (TPSA) is 73.6 Å². The van der Waals surface area contributed by atoms with Crippen molar-refractivity contribution in [2.24, 2.45) is 5.73 Å². The molecule has 0 saturated carbocycles. The maximum absolute atomic E-state index is 11.6. The molecule has 0 saturated heterocycles. The molecule has 3 N–H and O–H groups in total. The molecule has 0 fully saturated rings. The molecule has 0 aliphatic rings. The summed E-state index contributed by atoms with van der Waals surface area (Å²) in [6.07, 6.45) is 1.03. The Kier molecular flexibility index (Phi) is 6.87. The van der Waals surface area contributed by atoms with Gasteiger partial charge in [-0.05, 0) is 32.4 Å². The summed E-state index contributed by atoms with van der Waals surface area (Å²) >= 11 is 0. The van der Waals surface area contributed by atoms with Gasteiger partial charge in [0.25, 0.3) is 0 Å². The zero-order valence-electron chi connectivity index (χ0n) is 12.4. The van der Waals surface area contributed by atoms with Gasteiger partial charge in [0, 0.05) is 18.5 Å². The van der Waals surface area contributed by atoms with Crippen molar-refractivity contribution in [3.8, 4) is 11.5 Å². The number of rotatable bonds is 8. The van der Waals surface area contributed by atoms with Crippen LogP contribution in [-0.4, -0.2) is 31.7 Å². The average molecular weight is 280 g/mol. The van der Waals surface area contributed by atoms with Crippen LogP contribution >= 0.6 is 0 Å². The Morgan fingerprint density at radius 1 is 1.35 bits per heavy atom. The molecule has 1 aromatic rings. The van der Waals surface area contributed by atoms with Crippen LogP contribution in [0.5, 0.6) is 11.5 Å². The van der Waals surface area contributed by atoms with E-state index in [0.717, 1.165) is 11.5 Å². The number of hydrogen-bond donors (Lipinski definition) is 2. The SMILES string of the molecule is COc1cccc(OC(C)CNC(=O)CCC(C)N)c1. The number of ether oxygens (including phenoxy) is 2. The summed E-state index contributed by atoms with van der Waals surface area (Å²) in [5.41, 5.74) is 5.61. The van der Waals surface area contributed by atoms with E-state index < -0.39 is 0 Å². The summed E-state index contributed by atoms with van der Waals surface area (Å²) in [5.74, 6) is 1.47. The van der Waals surface area contributed by atoms with Crippen LogP contribution in [0.3, 0.4) is 0 Å². The van der Waals surface area contributed by atoms with Gasteiger partial charge in [-0.2, -0.15) is 0 Å². The quantitative estimate of drug-likeness (QED) is 0.760. The molecular weight excluding hydrogens is 256 g/mol. The second-order valence-electron chi connectivity index (χ2n) is 4.93. The fourth-order valence-corrected chi connectivity index (χ4v) is 1.65. The first-order chi connectivity index (χ1) is 9.51. The molecule has 0 bridgehead atoms. The van der Waals surface area contributed by atoms with Crippen molar-refractivity contribution in [3.63, 3.8) is 0 Å². The second-order valence-corrected chi connectivity index (χ2v) is 4.93. The summed E-state index contributed by atoms with van der Waals surface area (Å²) in [6, 6.07) is 7.44. The number of nitrogens with two attached hydrogens (primary N) is 1. The smallest absolute Gasteiger partial charge is 0.220 e. The van der Waals surface area contributed by atoms with Crippen LogP contribution in [0.1, 0.15) is 26.7 Å². The van der Waals surface area contributed by atoms with E-state index in [0.29, 0.717) is 19.4 Å². The zero-order chi connectivity index (χ0) is 15.0. The minimum atomic E-state index is -0.110. The Morgan fingerprint density at radius 2 is 2.05 bits per heavy atom. The molecule has 20 heavy (non-hydrogen) atoms. The van der Waals surface area contributed by atoms with E-state index in [-0.39, 0.29) is 18.1 Å². The average Bonchev–Trinajstić information content (AvgIpc) is 2.43. The maximum Gasteiger partial charge on any atom is 0.220 e. The third-order valence-electron chi connectivity index (χ3n) is 2.79. The van der Waals surface area contributed by atoms with Gasteiger partial charge in [0.15, 0.2) is 0 Å². The summed E-state index contributed by atoms with van der Waals surface area (Å²) in [7, 11) is 1.61. The highest BCUT2D eigenvalue weighted by molar-refractivity contribution is 5.75.